The fourth-order valence-electron chi connectivity index (χ4n) is 1.00. The van der Waals surface area contributed by atoms with Crippen LogP contribution in [0, 0.1) is 12.9 Å². The summed E-state index contributed by atoms with van der Waals surface area (Å²) in [5.74, 6) is -0.393. The maximum absolute atomic E-state index is 12.9. The van der Waals surface area contributed by atoms with Gasteiger partial charge in [0.1, 0.15) is 0 Å². The number of rotatable bonds is 2. The van der Waals surface area contributed by atoms with Gasteiger partial charge in [-0.05, 0) is 31.5 Å². The monoisotopic (exact) mass is 154 g/mol. The third-order valence-corrected chi connectivity index (χ3v) is 1.63. The minimum atomic E-state index is -0.393. The summed E-state index contributed by atoms with van der Waals surface area (Å²) in [7, 11) is 0. The average Bonchev–Trinajstić information content (AvgIpc) is 1.97. The van der Waals surface area contributed by atoms with Gasteiger partial charge in [-0.25, -0.2) is 4.98 Å². The van der Waals surface area contributed by atoms with Crippen molar-refractivity contribution in [1.82, 2.24) is 4.98 Å². The zero-order valence-electron chi connectivity index (χ0n) is 6.47. The van der Waals surface area contributed by atoms with Gasteiger partial charge in [0.05, 0.1) is 0 Å². The van der Waals surface area contributed by atoms with Crippen molar-refractivity contribution in [2.75, 3.05) is 6.54 Å². The fourth-order valence-corrected chi connectivity index (χ4v) is 1.00. The maximum atomic E-state index is 12.9. The van der Waals surface area contributed by atoms with E-state index in [1.54, 1.807) is 6.07 Å². The predicted octanol–water partition coefficient (Wildman–Crippen LogP) is 1.03. The highest BCUT2D eigenvalue weighted by molar-refractivity contribution is 5.22. The van der Waals surface area contributed by atoms with Crippen LogP contribution < -0.4 is 5.73 Å². The number of pyridine rings is 1. The molecule has 0 aliphatic heterocycles. The second kappa shape index (κ2) is 3.44. The Labute approximate surface area is 65.3 Å². The summed E-state index contributed by atoms with van der Waals surface area (Å²) < 4.78 is 12.9. The first-order valence-corrected chi connectivity index (χ1v) is 3.55. The molecule has 0 fully saturated rings. The van der Waals surface area contributed by atoms with Crippen molar-refractivity contribution < 1.29 is 4.39 Å². The molecular formula is C8H11FN2. The second-order valence-electron chi connectivity index (χ2n) is 2.44. The maximum Gasteiger partial charge on any atom is 0.216 e. The molecule has 0 spiro atoms. The van der Waals surface area contributed by atoms with E-state index in [0.717, 1.165) is 5.56 Å². The van der Waals surface area contributed by atoms with Gasteiger partial charge in [0.2, 0.25) is 5.95 Å². The third-order valence-electron chi connectivity index (χ3n) is 1.63. The first-order chi connectivity index (χ1) is 5.25. The zero-order chi connectivity index (χ0) is 8.27. The Morgan fingerprint density at radius 2 is 2.36 bits per heavy atom. The summed E-state index contributed by atoms with van der Waals surface area (Å²) in [6.45, 7) is 2.32. The van der Waals surface area contributed by atoms with Gasteiger partial charge in [0, 0.05) is 11.8 Å². The third kappa shape index (κ3) is 1.74. The molecule has 0 atom stereocenters. The molecule has 1 heterocycles. The Balaban J connectivity index is 3.00. The quantitative estimate of drug-likeness (QED) is 0.646. The molecule has 2 nitrogen and oxygen atoms in total. The molecule has 2 N–H and O–H groups in total. The Bertz CT molecular complexity index is 228. The number of hydrogen-bond donors (Lipinski definition) is 1. The van der Waals surface area contributed by atoms with Crippen LogP contribution in [0.3, 0.4) is 0 Å². The Kier molecular flexibility index (Phi) is 2.54. The van der Waals surface area contributed by atoms with E-state index in [2.05, 4.69) is 4.98 Å². The van der Waals surface area contributed by atoms with E-state index in [9.17, 15) is 4.39 Å². The van der Waals surface area contributed by atoms with Crippen LogP contribution in [-0.2, 0) is 6.42 Å². The largest absolute Gasteiger partial charge is 0.330 e. The first-order valence-electron chi connectivity index (χ1n) is 3.55. The standard InChI is InChI=1S/C8H11FN2/c1-6-3-5-11-8(9)7(6)2-4-10/h3,5H,2,4,10H2,1H3. The normalized spacial score (nSPS) is 10.1. The number of halogens is 1. The van der Waals surface area contributed by atoms with Gasteiger partial charge in [-0.3, -0.25) is 0 Å². The number of aryl methyl sites for hydroxylation is 1. The van der Waals surface area contributed by atoms with Gasteiger partial charge in [-0.1, -0.05) is 0 Å². The lowest BCUT2D eigenvalue weighted by Gasteiger charge is -2.02. The number of nitrogens with two attached hydrogens (primary N) is 1. The van der Waals surface area contributed by atoms with Gasteiger partial charge in [-0.15, -0.1) is 0 Å². The summed E-state index contributed by atoms with van der Waals surface area (Å²) in [5.41, 5.74) is 6.86. The first kappa shape index (κ1) is 8.14. The molecule has 0 amide bonds. The van der Waals surface area contributed by atoms with Crippen LogP contribution in [-0.4, -0.2) is 11.5 Å². The topological polar surface area (TPSA) is 38.9 Å². The van der Waals surface area contributed by atoms with Crippen LogP contribution in [0.25, 0.3) is 0 Å². The van der Waals surface area contributed by atoms with E-state index in [-0.39, 0.29) is 0 Å². The summed E-state index contributed by atoms with van der Waals surface area (Å²) in [6, 6.07) is 1.79. The molecule has 0 aromatic carbocycles. The summed E-state index contributed by atoms with van der Waals surface area (Å²) in [6.07, 6.45) is 2.02. The lowest BCUT2D eigenvalue weighted by atomic mass is 10.1. The van der Waals surface area contributed by atoms with Crippen molar-refractivity contribution in [3.05, 3.63) is 29.3 Å². The highest BCUT2D eigenvalue weighted by Gasteiger charge is 2.03. The molecule has 60 valence electrons. The molecular weight excluding hydrogens is 143 g/mol. The molecule has 0 aliphatic carbocycles. The molecule has 0 bridgehead atoms. The molecule has 0 radical (unpaired) electrons. The molecule has 0 saturated heterocycles. The number of aromatic nitrogens is 1. The molecule has 0 aliphatic rings. The van der Waals surface area contributed by atoms with Crippen molar-refractivity contribution in [3.8, 4) is 0 Å². The number of nitrogens with zero attached hydrogens (tertiary/aromatic N) is 1. The molecule has 1 aromatic heterocycles. The Hall–Kier alpha value is -0.960. The van der Waals surface area contributed by atoms with Crippen molar-refractivity contribution in [2.45, 2.75) is 13.3 Å². The minimum absolute atomic E-state index is 0.393. The van der Waals surface area contributed by atoms with Gasteiger partial charge in [-0.2, -0.15) is 4.39 Å². The van der Waals surface area contributed by atoms with Crippen LogP contribution in [0.2, 0.25) is 0 Å². The van der Waals surface area contributed by atoms with E-state index in [1.807, 2.05) is 6.92 Å². The lowest BCUT2D eigenvalue weighted by molar-refractivity contribution is 0.564. The van der Waals surface area contributed by atoms with E-state index in [1.165, 1.54) is 6.20 Å². The molecule has 0 unspecified atom stereocenters. The predicted molar refractivity (Wildman–Crippen MR) is 41.7 cm³/mol. The minimum Gasteiger partial charge on any atom is -0.330 e. The van der Waals surface area contributed by atoms with Gasteiger partial charge in [0.25, 0.3) is 0 Å². The summed E-state index contributed by atoms with van der Waals surface area (Å²) >= 11 is 0. The smallest absolute Gasteiger partial charge is 0.216 e. The average molecular weight is 154 g/mol. The van der Waals surface area contributed by atoms with Gasteiger partial charge in [0.15, 0.2) is 0 Å². The Morgan fingerprint density at radius 1 is 1.64 bits per heavy atom. The number of hydrogen-bond acceptors (Lipinski definition) is 2. The van der Waals surface area contributed by atoms with E-state index < -0.39 is 5.95 Å². The van der Waals surface area contributed by atoms with Crippen LogP contribution in [0.15, 0.2) is 12.3 Å². The van der Waals surface area contributed by atoms with Gasteiger partial charge < -0.3 is 5.73 Å². The molecule has 3 heteroatoms. The van der Waals surface area contributed by atoms with Crippen molar-refractivity contribution >= 4 is 0 Å². The van der Waals surface area contributed by atoms with Crippen molar-refractivity contribution in [1.29, 1.82) is 0 Å². The van der Waals surface area contributed by atoms with Gasteiger partial charge >= 0.3 is 0 Å². The van der Waals surface area contributed by atoms with E-state index in [0.29, 0.717) is 18.5 Å². The second-order valence-corrected chi connectivity index (χ2v) is 2.44. The van der Waals surface area contributed by atoms with Crippen LogP contribution >= 0.6 is 0 Å². The van der Waals surface area contributed by atoms with E-state index >= 15 is 0 Å². The van der Waals surface area contributed by atoms with E-state index in [4.69, 9.17) is 5.73 Å². The summed E-state index contributed by atoms with van der Waals surface area (Å²) in [5, 5.41) is 0. The zero-order valence-corrected chi connectivity index (χ0v) is 6.47. The molecule has 0 saturated carbocycles. The molecule has 11 heavy (non-hydrogen) atoms. The fraction of sp³-hybridized carbons (Fsp3) is 0.375. The van der Waals surface area contributed by atoms with Crippen molar-refractivity contribution in [2.24, 2.45) is 5.73 Å². The molecule has 1 aromatic rings. The molecule has 1 rings (SSSR count). The van der Waals surface area contributed by atoms with Crippen LogP contribution in [0.4, 0.5) is 4.39 Å². The van der Waals surface area contributed by atoms with Crippen molar-refractivity contribution in [3.63, 3.8) is 0 Å². The van der Waals surface area contributed by atoms with Crippen LogP contribution in [0.1, 0.15) is 11.1 Å². The highest BCUT2D eigenvalue weighted by atomic mass is 19.1. The van der Waals surface area contributed by atoms with Crippen LogP contribution in [0.5, 0.6) is 0 Å². The highest BCUT2D eigenvalue weighted by Crippen LogP contribution is 2.09. The lowest BCUT2D eigenvalue weighted by Crippen LogP contribution is -2.07. The Morgan fingerprint density at radius 3 is 2.91 bits per heavy atom. The SMILES string of the molecule is Cc1ccnc(F)c1CCN. The summed E-state index contributed by atoms with van der Waals surface area (Å²) in [4.78, 5) is 3.54.